The van der Waals surface area contributed by atoms with Crippen molar-refractivity contribution in [3.05, 3.63) is 29.3 Å². The Bertz CT molecular complexity index is 487. The number of rotatable bonds is 2. The molecule has 0 aromatic heterocycles. The molecule has 0 bridgehead atoms. The van der Waals surface area contributed by atoms with Crippen molar-refractivity contribution in [1.82, 2.24) is 4.90 Å². The van der Waals surface area contributed by atoms with E-state index in [-0.39, 0.29) is 12.5 Å². The van der Waals surface area contributed by atoms with Gasteiger partial charge in [0.25, 0.3) is 0 Å². The number of ether oxygens (including phenoxy) is 1. The lowest BCUT2D eigenvalue weighted by atomic mass is 9.99. The van der Waals surface area contributed by atoms with Crippen LogP contribution < -0.4 is 4.74 Å². The third-order valence-corrected chi connectivity index (χ3v) is 4.09. The van der Waals surface area contributed by atoms with Crippen molar-refractivity contribution < 1.29 is 13.5 Å². The lowest BCUT2D eigenvalue weighted by Gasteiger charge is -2.29. The molecule has 0 saturated carbocycles. The first-order chi connectivity index (χ1) is 8.98. The van der Waals surface area contributed by atoms with Gasteiger partial charge in [-0.3, -0.25) is 4.90 Å². The Hall–Kier alpha value is -1.16. The van der Waals surface area contributed by atoms with Gasteiger partial charge in [0.2, 0.25) is 0 Å². The molecule has 19 heavy (non-hydrogen) atoms. The molecule has 104 valence electrons. The minimum absolute atomic E-state index is 0.212. The molecular formula is C15H19F2NO. The summed E-state index contributed by atoms with van der Waals surface area (Å²) in [7, 11) is 0. The number of para-hydroxylation sites is 1. The van der Waals surface area contributed by atoms with Gasteiger partial charge in [-0.1, -0.05) is 18.2 Å². The summed E-state index contributed by atoms with van der Waals surface area (Å²) in [6.07, 6.45) is -1.21. The number of hydrogen-bond acceptors (Lipinski definition) is 2. The molecule has 0 aliphatic carbocycles. The summed E-state index contributed by atoms with van der Waals surface area (Å²) in [5.41, 5.74) is 1.57. The average Bonchev–Trinajstić information content (AvgIpc) is 2.89. The largest absolute Gasteiger partial charge is 0.432 e. The van der Waals surface area contributed by atoms with Crippen molar-refractivity contribution in [2.24, 2.45) is 0 Å². The van der Waals surface area contributed by atoms with E-state index in [4.69, 9.17) is 4.74 Å². The molecule has 2 heterocycles. The average molecular weight is 267 g/mol. The van der Waals surface area contributed by atoms with Gasteiger partial charge in [-0.2, -0.15) is 8.78 Å². The maximum absolute atomic E-state index is 13.4. The van der Waals surface area contributed by atoms with E-state index in [0.717, 1.165) is 24.9 Å². The van der Waals surface area contributed by atoms with Crippen LogP contribution in [0.25, 0.3) is 0 Å². The monoisotopic (exact) mass is 267 g/mol. The first kappa shape index (κ1) is 12.9. The Kier molecular flexibility index (Phi) is 3.01. The van der Waals surface area contributed by atoms with Crippen LogP contribution in [0.5, 0.6) is 5.75 Å². The Morgan fingerprint density at radius 1 is 1.37 bits per heavy atom. The van der Waals surface area contributed by atoms with Gasteiger partial charge in [0, 0.05) is 23.2 Å². The molecule has 4 heteroatoms. The van der Waals surface area contributed by atoms with E-state index < -0.39 is 6.11 Å². The number of halogens is 2. The third-order valence-electron chi connectivity index (χ3n) is 4.09. The van der Waals surface area contributed by atoms with Crippen LogP contribution in [0.1, 0.15) is 43.9 Å². The highest BCUT2D eigenvalue weighted by molar-refractivity contribution is 5.46. The zero-order valence-corrected chi connectivity index (χ0v) is 11.3. The van der Waals surface area contributed by atoms with E-state index in [1.165, 1.54) is 0 Å². The Labute approximate surface area is 112 Å². The standard InChI is InChI=1S/C15H19F2NO/c1-10(2)18-8-4-7-13(18)12-6-3-5-11-9-15(16,17)19-14(11)12/h3,5-6,10,13H,4,7-9H2,1-2H3. The molecule has 0 spiro atoms. The molecule has 2 aliphatic heterocycles. The second-order valence-electron chi connectivity index (χ2n) is 5.74. The summed E-state index contributed by atoms with van der Waals surface area (Å²) in [6, 6.07) is 6.18. The van der Waals surface area contributed by atoms with Crippen LogP contribution >= 0.6 is 0 Å². The number of benzene rings is 1. The van der Waals surface area contributed by atoms with Crippen LogP contribution in [-0.2, 0) is 6.42 Å². The van der Waals surface area contributed by atoms with Crippen molar-refractivity contribution in [3.8, 4) is 5.75 Å². The molecule has 3 rings (SSSR count). The lowest BCUT2D eigenvalue weighted by Crippen LogP contribution is -2.30. The predicted molar refractivity (Wildman–Crippen MR) is 69.5 cm³/mol. The van der Waals surface area contributed by atoms with Gasteiger partial charge in [0.1, 0.15) is 5.75 Å². The molecule has 1 fully saturated rings. The summed E-state index contributed by atoms with van der Waals surface area (Å²) in [6.45, 7) is 5.33. The quantitative estimate of drug-likeness (QED) is 0.809. The Morgan fingerprint density at radius 3 is 2.89 bits per heavy atom. The first-order valence-corrected chi connectivity index (χ1v) is 6.92. The van der Waals surface area contributed by atoms with Gasteiger partial charge in [-0.05, 0) is 33.2 Å². The molecule has 0 amide bonds. The van der Waals surface area contributed by atoms with Crippen molar-refractivity contribution in [2.75, 3.05) is 6.54 Å². The normalized spacial score (nSPS) is 25.6. The van der Waals surface area contributed by atoms with Crippen molar-refractivity contribution in [2.45, 2.75) is 51.3 Å². The number of nitrogens with zero attached hydrogens (tertiary/aromatic N) is 1. The molecule has 1 saturated heterocycles. The van der Waals surface area contributed by atoms with Gasteiger partial charge in [0.15, 0.2) is 0 Å². The van der Waals surface area contributed by atoms with E-state index in [0.29, 0.717) is 17.4 Å². The van der Waals surface area contributed by atoms with Gasteiger partial charge >= 0.3 is 6.11 Å². The number of hydrogen-bond donors (Lipinski definition) is 0. The van der Waals surface area contributed by atoms with Crippen LogP contribution in [0.2, 0.25) is 0 Å². The fourth-order valence-corrected chi connectivity index (χ4v) is 3.28. The highest BCUT2D eigenvalue weighted by Gasteiger charge is 2.42. The third kappa shape index (κ3) is 2.22. The second-order valence-corrected chi connectivity index (χ2v) is 5.74. The molecule has 1 atom stereocenters. The van der Waals surface area contributed by atoms with Gasteiger partial charge in [-0.25, -0.2) is 0 Å². The number of fused-ring (bicyclic) bond motifs is 1. The van der Waals surface area contributed by atoms with E-state index in [1.54, 1.807) is 6.07 Å². The SMILES string of the molecule is CC(C)N1CCCC1c1cccc2c1OC(F)(F)C2. The zero-order chi connectivity index (χ0) is 13.6. The summed E-state index contributed by atoms with van der Waals surface area (Å²) in [5.74, 6) is 0.421. The molecule has 1 aromatic rings. The highest BCUT2D eigenvalue weighted by Crippen LogP contribution is 2.45. The van der Waals surface area contributed by atoms with Crippen molar-refractivity contribution in [1.29, 1.82) is 0 Å². The summed E-state index contributed by atoms with van der Waals surface area (Å²) in [4.78, 5) is 2.37. The second kappa shape index (κ2) is 4.44. The summed E-state index contributed by atoms with van der Waals surface area (Å²) < 4.78 is 31.8. The van der Waals surface area contributed by atoms with Crippen LogP contribution in [0.4, 0.5) is 8.78 Å². The first-order valence-electron chi connectivity index (χ1n) is 6.92. The van der Waals surface area contributed by atoms with Gasteiger partial charge < -0.3 is 4.74 Å². The smallest absolute Gasteiger partial charge is 0.402 e. The predicted octanol–water partition coefficient (Wildman–Crippen LogP) is 3.76. The van der Waals surface area contributed by atoms with Crippen molar-refractivity contribution in [3.63, 3.8) is 0 Å². The van der Waals surface area contributed by atoms with Crippen LogP contribution in [-0.4, -0.2) is 23.6 Å². The Balaban J connectivity index is 1.97. The van der Waals surface area contributed by atoms with Crippen LogP contribution in [0.15, 0.2) is 18.2 Å². The van der Waals surface area contributed by atoms with E-state index >= 15 is 0 Å². The molecule has 2 nitrogen and oxygen atoms in total. The Morgan fingerprint density at radius 2 is 2.16 bits per heavy atom. The molecule has 2 aliphatic rings. The topological polar surface area (TPSA) is 12.5 Å². The minimum atomic E-state index is -3.04. The van der Waals surface area contributed by atoms with E-state index in [1.807, 2.05) is 12.1 Å². The van der Waals surface area contributed by atoms with E-state index in [9.17, 15) is 8.78 Å². The molecule has 0 N–H and O–H groups in total. The maximum Gasteiger partial charge on any atom is 0.402 e. The zero-order valence-electron chi connectivity index (χ0n) is 11.3. The van der Waals surface area contributed by atoms with Crippen LogP contribution in [0.3, 0.4) is 0 Å². The molecule has 1 unspecified atom stereocenters. The fourth-order valence-electron chi connectivity index (χ4n) is 3.28. The van der Waals surface area contributed by atoms with Gasteiger partial charge in [0.05, 0.1) is 6.42 Å². The van der Waals surface area contributed by atoms with Crippen LogP contribution in [0, 0.1) is 0 Å². The lowest BCUT2D eigenvalue weighted by molar-refractivity contribution is -0.159. The summed E-state index contributed by atoms with van der Waals surface area (Å²) in [5, 5.41) is 0. The number of likely N-dealkylation sites (tertiary alicyclic amines) is 1. The van der Waals surface area contributed by atoms with Crippen molar-refractivity contribution >= 4 is 0 Å². The molecule has 0 radical (unpaired) electrons. The number of alkyl halides is 2. The minimum Gasteiger partial charge on any atom is -0.432 e. The molecule has 1 aromatic carbocycles. The fraction of sp³-hybridized carbons (Fsp3) is 0.600. The van der Waals surface area contributed by atoms with Gasteiger partial charge in [-0.15, -0.1) is 0 Å². The highest BCUT2D eigenvalue weighted by atomic mass is 19.3. The molecular weight excluding hydrogens is 248 g/mol. The maximum atomic E-state index is 13.4. The van der Waals surface area contributed by atoms with E-state index in [2.05, 4.69) is 18.7 Å². The summed E-state index contributed by atoms with van der Waals surface area (Å²) >= 11 is 0.